The summed E-state index contributed by atoms with van der Waals surface area (Å²) in [6.07, 6.45) is 1.21. The number of aromatic carboxylic acids is 1. The third kappa shape index (κ3) is 1.70. The van der Waals surface area contributed by atoms with Crippen molar-refractivity contribution in [2.75, 3.05) is 0 Å². The summed E-state index contributed by atoms with van der Waals surface area (Å²) in [5, 5.41) is 13.6. The lowest BCUT2D eigenvalue weighted by Crippen LogP contribution is -2.19. The van der Waals surface area contributed by atoms with Crippen LogP contribution in [0.3, 0.4) is 0 Å². The van der Waals surface area contributed by atoms with Crippen LogP contribution < -0.4 is 5.43 Å². The number of hydrogen-bond donors (Lipinski definition) is 2. The van der Waals surface area contributed by atoms with Crippen molar-refractivity contribution in [2.24, 2.45) is 7.05 Å². The van der Waals surface area contributed by atoms with E-state index in [0.29, 0.717) is 16.7 Å². The first-order chi connectivity index (χ1) is 8.23. The Hall–Kier alpha value is -2.11. The molecule has 0 saturated carbocycles. The SMILES string of the molecule is Cn1nc(C(C)(C)C)c2c(=O)c(C(=O)O)c[nH]c21. The summed E-state index contributed by atoms with van der Waals surface area (Å²) in [4.78, 5) is 26.0. The monoisotopic (exact) mass is 249 g/mol. The number of nitrogens with one attached hydrogen (secondary N) is 1. The van der Waals surface area contributed by atoms with Gasteiger partial charge in [0, 0.05) is 18.7 Å². The molecule has 0 fully saturated rings. The van der Waals surface area contributed by atoms with Crippen LogP contribution in [0.2, 0.25) is 0 Å². The fourth-order valence-electron chi connectivity index (χ4n) is 1.93. The first-order valence-electron chi connectivity index (χ1n) is 5.55. The van der Waals surface area contributed by atoms with E-state index in [9.17, 15) is 9.59 Å². The molecule has 0 amide bonds. The molecule has 0 spiro atoms. The molecule has 0 bridgehead atoms. The number of aryl methyl sites for hydroxylation is 1. The lowest BCUT2D eigenvalue weighted by molar-refractivity contribution is 0.0695. The van der Waals surface area contributed by atoms with Gasteiger partial charge in [-0.25, -0.2) is 4.79 Å². The average molecular weight is 249 g/mol. The third-order valence-corrected chi connectivity index (χ3v) is 2.81. The van der Waals surface area contributed by atoms with Crippen molar-refractivity contribution >= 4 is 17.0 Å². The summed E-state index contributed by atoms with van der Waals surface area (Å²) >= 11 is 0. The van der Waals surface area contributed by atoms with E-state index in [1.807, 2.05) is 20.8 Å². The maximum absolute atomic E-state index is 12.2. The van der Waals surface area contributed by atoms with Crippen molar-refractivity contribution in [3.05, 3.63) is 27.7 Å². The van der Waals surface area contributed by atoms with Gasteiger partial charge in [-0.05, 0) is 0 Å². The molecule has 0 unspecified atom stereocenters. The van der Waals surface area contributed by atoms with Crippen LogP contribution in [0.5, 0.6) is 0 Å². The van der Waals surface area contributed by atoms with Gasteiger partial charge in [-0.2, -0.15) is 5.10 Å². The minimum Gasteiger partial charge on any atom is -0.477 e. The summed E-state index contributed by atoms with van der Waals surface area (Å²) in [6.45, 7) is 5.80. The van der Waals surface area contributed by atoms with E-state index in [1.54, 1.807) is 11.7 Å². The number of carboxylic acids is 1. The molecule has 0 aromatic carbocycles. The number of carbonyl (C=O) groups is 1. The molecule has 18 heavy (non-hydrogen) atoms. The molecular formula is C12H15N3O3. The van der Waals surface area contributed by atoms with Gasteiger partial charge in [-0.3, -0.25) is 9.48 Å². The van der Waals surface area contributed by atoms with E-state index in [4.69, 9.17) is 5.11 Å². The van der Waals surface area contributed by atoms with Gasteiger partial charge in [0.15, 0.2) is 0 Å². The molecule has 2 N–H and O–H groups in total. The lowest BCUT2D eigenvalue weighted by atomic mass is 9.90. The van der Waals surface area contributed by atoms with Gasteiger partial charge in [0.2, 0.25) is 5.43 Å². The summed E-state index contributed by atoms with van der Waals surface area (Å²) in [5.41, 5.74) is 0.0541. The number of aromatic nitrogens is 3. The van der Waals surface area contributed by atoms with Crippen molar-refractivity contribution in [3.63, 3.8) is 0 Å². The molecule has 0 aliphatic heterocycles. The van der Waals surface area contributed by atoms with Gasteiger partial charge in [-0.1, -0.05) is 20.8 Å². The Bertz CT molecular complexity index is 689. The van der Waals surface area contributed by atoms with E-state index >= 15 is 0 Å². The van der Waals surface area contributed by atoms with Crippen molar-refractivity contribution in [1.29, 1.82) is 0 Å². The van der Waals surface area contributed by atoms with E-state index in [2.05, 4.69) is 10.1 Å². The van der Waals surface area contributed by atoms with Crippen LogP contribution in [0.1, 0.15) is 36.8 Å². The first-order valence-corrected chi connectivity index (χ1v) is 5.55. The second-order valence-electron chi connectivity index (χ2n) is 5.28. The summed E-state index contributed by atoms with van der Waals surface area (Å²) in [7, 11) is 1.72. The number of fused-ring (bicyclic) bond motifs is 1. The Morgan fingerprint density at radius 2 is 2.06 bits per heavy atom. The van der Waals surface area contributed by atoms with Crippen LogP contribution in [0, 0.1) is 0 Å². The number of aromatic amines is 1. The predicted molar refractivity (Wildman–Crippen MR) is 67.0 cm³/mol. The van der Waals surface area contributed by atoms with Crippen LogP contribution >= 0.6 is 0 Å². The molecule has 0 radical (unpaired) electrons. The quantitative estimate of drug-likeness (QED) is 0.796. The first kappa shape index (κ1) is 12.3. The number of pyridine rings is 1. The normalized spacial score (nSPS) is 12.0. The van der Waals surface area contributed by atoms with E-state index in [-0.39, 0.29) is 11.0 Å². The van der Waals surface area contributed by atoms with Crippen molar-refractivity contribution < 1.29 is 9.90 Å². The standard InChI is InChI=1S/C12H15N3O3/c1-12(2,3)9-7-8(16)6(11(17)18)5-13-10(7)15(4)14-9/h5H,1-4H3,(H,13,16)(H,17,18). The fourth-order valence-corrected chi connectivity index (χ4v) is 1.93. The van der Waals surface area contributed by atoms with Gasteiger partial charge in [-0.15, -0.1) is 0 Å². The number of hydrogen-bond acceptors (Lipinski definition) is 3. The summed E-state index contributed by atoms with van der Waals surface area (Å²) in [6, 6.07) is 0. The highest BCUT2D eigenvalue weighted by molar-refractivity contribution is 5.92. The zero-order chi connectivity index (χ0) is 13.7. The molecule has 0 atom stereocenters. The minimum atomic E-state index is -1.23. The van der Waals surface area contributed by atoms with Gasteiger partial charge in [0.25, 0.3) is 0 Å². The molecule has 2 aromatic rings. The molecule has 96 valence electrons. The van der Waals surface area contributed by atoms with Gasteiger partial charge in [0.1, 0.15) is 11.2 Å². The number of H-pyrrole nitrogens is 1. The zero-order valence-corrected chi connectivity index (χ0v) is 10.7. The van der Waals surface area contributed by atoms with Crippen LogP contribution in [0.4, 0.5) is 0 Å². The second-order valence-corrected chi connectivity index (χ2v) is 5.28. The topological polar surface area (TPSA) is 88.0 Å². The third-order valence-electron chi connectivity index (χ3n) is 2.81. The maximum atomic E-state index is 12.2. The molecule has 2 heterocycles. The largest absolute Gasteiger partial charge is 0.477 e. The number of rotatable bonds is 1. The molecule has 2 aromatic heterocycles. The summed E-state index contributed by atoms with van der Waals surface area (Å²) in [5.74, 6) is -1.23. The Balaban J connectivity index is 2.96. The van der Waals surface area contributed by atoms with E-state index < -0.39 is 11.4 Å². The lowest BCUT2D eigenvalue weighted by Gasteiger charge is -2.14. The highest BCUT2D eigenvalue weighted by Gasteiger charge is 2.25. The fraction of sp³-hybridized carbons (Fsp3) is 0.417. The van der Waals surface area contributed by atoms with E-state index in [0.717, 1.165) is 0 Å². The zero-order valence-electron chi connectivity index (χ0n) is 10.7. The van der Waals surface area contributed by atoms with Crippen LogP contribution in [0.25, 0.3) is 11.0 Å². The maximum Gasteiger partial charge on any atom is 0.341 e. The van der Waals surface area contributed by atoms with Crippen LogP contribution in [0.15, 0.2) is 11.0 Å². The Morgan fingerprint density at radius 3 is 2.56 bits per heavy atom. The van der Waals surface area contributed by atoms with Crippen molar-refractivity contribution in [2.45, 2.75) is 26.2 Å². The predicted octanol–water partition coefficient (Wildman–Crippen LogP) is 1.26. The highest BCUT2D eigenvalue weighted by Crippen LogP contribution is 2.26. The van der Waals surface area contributed by atoms with Crippen LogP contribution in [-0.2, 0) is 12.5 Å². The highest BCUT2D eigenvalue weighted by atomic mass is 16.4. The Kier molecular flexibility index (Phi) is 2.53. The van der Waals surface area contributed by atoms with Gasteiger partial charge < -0.3 is 10.1 Å². The molecular weight excluding hydrogens is 234 g/mol. The Labute approximate surface area is 103 Å². The molecule has 6 heteroatoms. The smallest absolute Gasteiger partial charge is 0.341 e. The van der Waals surface area contributed by atoms with Crippen molar-refractivity contribution in [3.8, 4) is 0 Å². The van der Waals surface area contributed by atoms with Crippen LogP contribution in [-0.4, -0.2) is 25.8 Å². The number of nitrogens with zero attached hydrogens (tertiary/aromatic N) is 2. The van der Waals surface area contributed by atoms with Crippen molar-refractivity contribution in [1.82, 2.24) is 14.8 Å². The van der Waals surface area contributed by atoms with Gasteiger partial charge >= 0.3 is 5.97 Å². The molecule has 6 nitrogen and oxygen atoms in total. The minimum absolute atomic E-state index is 0.263. The molecule has 0 saturated heterocycles. The second kappa shape index (κ2) is 3.69. The number of carboxylic acid groups (broad SMARTS) is 1. The molecule has 0 aliphatic carbocycles. The van der Waals surface area contributed by atoms with Gasteiger partial charge in [0.05, 0.1) is 11.1 Å². The molecule has 2 rings (SSSR count). The average Bonchev–Trinajstić information content (AvgIpc) is 2.56. The molecule has 0 aliphatic rings. The van der Waals surface area contributed by atoms with E-state index in [1.165, 1.54) is 6.20 Å². The summed E-state index contributed by atoms with van der Waals surface area (Å²) < 4.78 is 1.56. The Morgan fingerprint density at radius 1 is 1.44 bits per heavy atom.